The van der Waals surface area contributed by atoms with E-state index in [4.69, 9.17) is 29.6 Å². The van der Waals surface area contributed by atoms with Gasteiger partial charge in [0.15, 0.2) is 0 Å². The molecule has 3 heteroatoms. The van der Waals surface area contributed by atoms with Crippen LogP contribution in [0.25, 0.3) is 0 Å². The van der Waals surface area contributed by atoms with Crippen molar-refractivity contribution < 1.29 is 4.48 Å². The Kier molecular flexibility index (Phi) is 5.17. The summed E-state index contributed by atoms with van der Waals surface area (Å²) in [6, 6.07) is 0. The van der Waals surface area contributed by atoms with Crippen LogP contribution in [0.2, 0.25) is 0 Å². The number of hydrogen-bond donors (Lipinski definition) is 0. The Bertz CT molecular complexity index is 259. The molecule has 13 heavy (non-hydrogen) atoms. The van der Waals surface area contributed by atoms with Crippen LogP contribution in [0.4, 0.5) is 0 Å². The van der Waals surface area contributed by atoms with Crippen LogP contribution in [0, 0.1) is 12.3 Å². The van der Waals surface area contributed by atoms with Crippen LogP contribution in [-0.2, 0) is 0 Å². The Morgan fingerprint density at radius 1 is 1.54 bits per heavy atom. The average molecular weight is 219 g/mol. The summed E-state index contributed by atoms with van der Waals surface area (Å²) >= 11 is 11.4. The quantitative estimate of drug-likeness (QED) is 0.387. The van der Waals surface area contributed by atoms with Crippen molar-refractivity contribution in [2.75, 3.05) is 27.2 Å². The Labute approximate surface area is 90.2 Å². The van der Waals surface area contributed by atoms with Crippen LogP contribution in [-0.4, -0.2) is 31.7 Å². The van der Waals surface area contributed by atoms with Gasteiger partial charge < -0.3 is 4.48 Å². The van der Waals surface area contributed by atoms with E-state index in [0.717, 1.165) is 6.54 Å². The Morgan fingerprint density at radius 2 is 2.08 bits per heavy atom. The van der Waals surface area contributed by atoms with E-state index in [1.165, 1.54) is 0 Å². The highest BCUT2D eigenvalue weighted by atomic mass is 35.5. The molecule has 0 bridgehead atoms. The molecule has 0 N–H and O–H groups in total. The second-order valence-electron chi connectivity index (χ2n) is 3.44. The largest absolute Gasteiger partial charge is 0.315 e. The third-order valence-corrected chi connectivity index (χ3v) is 2.23. The van der Waals surface area contributed by atoms with Crippen molar-refractivity contribution in [1.29, 1.82) is 0 Å². The van der Waals surface area contributed by atoms with Crippen LogP contribution in [0.5, 0.6) is 0 Å². The van der Waals surface area contributed by atoms with E-state index in [9.17, 15) is 0 Å². The van der Waals surface area contributed by atoms with Crippen LogP contribution in [0.15, 0.2) is 22.7 Å². The van der Waals surface area contributed by atoms with Crippen LogP contribution in [0.3, 0.4) is 0 Å². The number of hydrogen-bond acceptors (Lipinski definition) is 0. The number of terminal acetylenes is 1. The van der Waals surface area contributed by atoms with Gasteiger partial charge in [-0.1, -0.05) is 29.8 Å². The lowest BCUT2D eigenvalue weighted by molar-refractivity contribution is -0.877. The lowest BCUT2D eigenvalue weighted by Crippen LogP contribution is -2.39. The maximum atomic E-state index is 5.79. The molecular weight excluding hydrogens is 205 g/mol. The van der Waals surface area contributed by atoms with Crippen LogP contribution >= 0.6 is 23.2 Å². The lowest BCUT2D eigenvalue weighted by Gasteiger charge is -2.25. The Balaban J connectivity index is 4.23. The van der Waals surface area contributed by atoms with Crippen molar-refractivity contribution in [3.8, 4) is 12.3 Å². The first kappa shape index (κ1) is 12.6. The predicted molar refractivity (Wildman–Crippen MR) is 59.6 cm³/mol. The zero-order valence-corrected chi connectivity index (χ0v) is 9.49. The SMILES string of the molecule is C#CC[N+](C)(C)C/C=C(\Cl)C(=C)Cl. The number of rotatable bonds is 4. The standard InChI is InChI=1S/C10H14Cl2N/c1-5-7-13(3,4)8-6-10(12)9(2)11/h1,6H,2,7-8H2,3-4H3/q+1/b10-6-. The zero-order chi connectivity index (χ0) is 10.5. The zero-order valence-electron chi connectivity index (χ0n) is 7.98. The van der Waals surface area contributed by atoms with Crippen LogP contribution in [0.1, 0.15) is 0 Å². The normalized spacial score (nSPS) is 12.4. The molecule has 0 saturated heterocycles. The molecule has 0 saturated carbocycles. The van der Waals surface area contributed by atoms with Crippen molar-refractivity contribution in [1.82, 2.24) is 0 Å². The van der Waals surface area contributed by atoms with Crippen molar-refractivity contribution in [2.45, 2.75) is 0 Å². The molecule has 0 radical (unpaired) electrons. The van der Waals surface area contributed by atoms with Gasteiger partial charge in [-0.25, -0.2) is 0 Å². The molecule has 0 heterocycles. The van der Waals surface area contributed by atoms with Crippen molar-refractivity contribution in [3.05, 3.63) is 22.7 Å². The van der Waals surface area contributed by atoms with Crippen molar-refractivity contribution in [3.63, 3.8) is 0 Å². The molecule has 0 aromatic carbocycles. The Morgan fingerprint density at radius 3 is 2.46 bits per heavy atom. The summed E-state index contributed by atoms with van der Waals surface area (Å²) in [6.45, 7) is 4.93. The lowest BCUT2D eigenvalue weighted by atomic mass is 10.4. The molecule has 0 amide bonds. The summed E-state index contributed by atoms with van der Waals surface area (Å²) in [4.78, 5) is 0. The average Bonchev–Trinajstić information content (AvgIpc) is 2.00. The molecule has 0 rings (SSSR count). The summed E-state index contributed by atoms with van der Waals surface area (Å²) < 4.78 is 0.691. The van der Waals surface area contributed by atoms with Crippen molar-refractivity contribution >= 4 is 23.2 Å². The second-order valence-corrected chi connectivity index (χ2v) is 4.30. The molecule has 0 aromatic heterocycles. The number of likely N-dealkylation sites (N-methyl/N-ethyl adjacent to an activating group) is 1. The summed E-state index contributed by atoms with van der Waals surface area (Å²) in [5.41, 5.74) is 0. The molecule has 0 spiro atoms. The first-order valence-corrected chi connectivity index (χ1v) is 4.60. The first-order chi connectivity index (χ1) is 5.89. The monoisotopic (exact) mass is 218 g/mol. The molecule has 0 aliphatic rings. The van der Waals surface area contributed by atoms with E-state index in [1.807, 2.05) is 20.2 Å². The second kappa shape index (κ2) is 5.34. The van der Waals surface area contributed by atoms with E-state index in [-0.39, 0.29) is 0 Å². The summed E-state index contributed by atoms with van der Waals surface area (Å²) in [5.74, 6) is 2.61. The minimum atomic E-state index is 0.363. The van der Waals surface area contributed by atoms with Gasteiger partial charge in [0, 0.05) is 0 Å². The minimum absolute atomic E-state index is 0.363. The summed E-state index contributed by atoms with van der Waals surface area (Å²) in [5, 5.41) is 0.854. The maximum absolute atomic E-state index is 5.79. The number of allylic oxidation sites excluding steroid dienone is 2. The topological polar surface area (TPSA) is 0 Å². The van der Waals surface area contributed by atoms with E-state index in [0.29, 0.717) is 21.1 Å². The highest BCUT2D eigenvalue weighted by Gasteiger charge is 2.11. The number of halogens is 2. The highest BCUT2D eigenvalue weighted by Crippen LogP contribution is 2.16. The molecule has 0 unspecified atom stereocenters. The molecule has 0 aliphatic heterocycles. The van der Waals surface area contributed by atoms with Crippen molar-refractivity contribution in [2.24, 2.45) is 0 Å². The van der Waals surface area contributed by atoms with Gasteiger partial charge in [-0.05, 0) is 12.0 Å². The molecule has 0 atom stereocenters. The van der Waals surface area contributed by atoms with Gasteiger partial charge in [0.2, 0.25) is 0 Å². The third-order valence-electron chi connectivity index (χ3n) is 1.54. The van der Waals surface area contributed by atoms with Gasteiger partial charge in [-0.3, -0.25) is 0 Å². The first-order valence-electron chi connectivity index (χ1n) is 3.85. The fourth-order valence-corrected chi connectivity index (χ4v) is 0.896. The molecule has 0 aromatic rings. The van der Waals surface area contributed by atoms with Gasteiger partial charge in [0.1, 0.15) is 6.54 Å². The van der Waals surface area contributed by atoms with Gasteiger partial charge in [0.05, 0.1) is 30.7 Å². The fourth-order valence-electron chi connectivity index (χ4n) is 0.750. The van der Waals surface area contributed by atoms with E-state index in [1.54, 1.807) is 0 Å². The smallest absolute Gasteiger partial charge is 0.140 e. The molecule has 1 nitrogen and oxygen atoms in total. The number of quaternary nitrogens is 1. The predicted octanol–water partition coefficient (Wildman–Crippen LogP) is 2.57. The minimum Gasteiger partial charge on any atom is -0.315 e. The molecule has 72 valence electrons. The van der Waals surface area contributed by atoms with E-state index < -0.39 is 0 Å². The maximum Gasteiger partial charge on any atom is 0.140 e. The Hall–Kier alpha value is -0.420. The molecular formula is C10H14Cl2N+. The highest BCUT2D eigenvalue weighted by molar-refractivity contribution is 6.43. The van der Waals surface area contributed by atoms with Crippen LogP contribution < -0.4 is 0 Å². The van der Waals surface area contributed by atoms with Gasteiger partial charge in [-0.2, -0.15) is 0 Å². The fraction of sp³-hybridized carbons (Fsp3) is 0.400. The van der Waals surface area contributed by atoms with Gasteiger partial charge in [0.25, 0.3) is 0 Å². The third kappa shape index (κ3) is 5.76. The summed E-state index contributed by atoms with van der Waals surface area (Å²) in [6.07, 6.45) is 7.05. The number of nitrogens with zero attached hydrogens (tertiary/aromatic N) is 1. The molecule has 0 aliphatic carbocycles. The van der Waals surface area contributed by atoms with Gasteiger partial charge in [-0.15, -0.1) is 6.42 Å². The van der Waals surface area contributed by atoms with Gasteiger partial charge >= 0.3 is 0 Å². The van der Waals surface area contributed by atoms with E-state index in [2.05, 4.69) is 12.5 Å². The summed E-state index contributed by atoms with van der Waals surface area (Å²) in [7, 11) is 4.05. The van der Waals surface area contributed by atoms with E-state index >= 15 is 0 Å². The molecule has 0 fully saturated rings.